The number of hydroxylamine groups is 1. The van der Waals surface area contributed by atoms with Crippen LogP contribution in [0.5, 0.6) is 11.5 Å². The molecular formula is C22H22N2O6S2. The van der Waals surface area contributed by atoms with Gasteiger partial charge in [0, 0.05) is 11.9 Å². The van der Waals surface area contributed by atoms with E-state index in [4.69, 9.17) is 4.74 Å². The minimum Gasteiger partial charge on any atom is -0.457 e. The van der Waals surface area contributed by atoms with Crippen LogP contribution in [0.15, 0.2) is 83.9 Å². The van der Waals surface area contributed by atoms with E-state index in [1.807, 2.05) is 18.2 Å². The minimum atomic E-state index is -4.25. The third-order valence-electron chi connectivity index (χ3n) is 4.79. The molecule has 3 rings (SSSR count). The molecule has 3 N–H and O–H groups in total. The SMILES string of the molecule is CSCC(C(O)(C(=O)NO)c1ccccn1)S(=O)(=O)c1ccc(Oc2ccccc2)cc1. The summed E-state index contributed by atoms with van der Waals surface area (Å²) in [6.45, 7) is 0. The van der Waals surface area contributed by atoms with Gasteiger partial charge < -0.3 is 9.84 Å². The van der Waals surface area contributed by atoms with Crippen molar-refractivity contribution in [1.29, 1.82) is 0 Å². The van der Waals surface area contributed by atoms with Gasteiger partial charge in [0.15, 0.2) is 9.84 Å². The molecule has 0 radical (unpaired) electrons. The number of ether oxygens (including phenoxy) is 1. The zero-order chi connectivity index (χ0) is 23.2. The molecule has 0 spiro atoms. The Hall–Kier alpha value is -2.92. The molecular weight excluding hydrogens is 452 g/mol. The summed E-state index contributed by atoms with van der Waals surface area (Å²) in [6, 6.07) is 19.1. The number of carbonyl (C=O) groups excluding carboxylic acids is 1. The fraction of sp³-hybridized carbons (Fsp3) is 0.182. The first-order valence-electron chi connectivity index (χ1n) is 9.48. The number of hydrogen-bond donors (Lipinski definition) is 3. The summed E-state index contributed by atoms with van der Waals surface area (Å²) in [5.41, 5.74) is -1.44. The van der Waals surface area contributed by atoms with Gasteiger partial charge in [0.25, 0.3) is 5.91 Å². The zero-order valence-corrected chi connectivity index (χ0v) is 18.7. The van der Waals surface area contributed by atoms with E-state index in [0.717, 1.165) is 11.8 Å². The maximum absolute atomic E-state index is 13.5. The number of aromatic nitrogens is 1. The maximum atomic E-state index is 13.5. The third kappa shape index (κ3) is 4.78. The van der Waals surface area contributed by atoms with Crippen molar-refractivity contribution in [3.8, 4) is 11.5 Å². The van der Waals surface area contributed by atoms with Crippen molar-refractivity contribution >= 4 is 27.5 Å². The van der Waals surface area contributed by atoms with Crippen LogP contribution in [0.25, 0.3) is 0 Å². The third-order valence-corrected chi connectivity index (χ3v) is 7.86. The van der Waals surface area contributed by atoms with Crippen LogP contribution >= 0.6 is 11.8 Å². The number of rotatable bonds is 9. The summed E-state index contributed by atoms with van der Waals surface area (Å²) in [7, 11) is -4.25. The van der Waals surface area contributed by atoms with Crippen LogP contribution in [0, 0.1) is 0 Å². The summed E-state index contributed by atoms with van der Waals surface area (Å²) in [5, 5.41) is 19.0. The average molecular weight is 475 g/mol. The second-order valence-corrected chi connectivity index (χ2v) is 9.84. The van der Waals surface area contributed by atoms with Crippen LogP contribution in [0.3, 0.4) is 0 Å². The lowest BCUT2D eigenvalue weighted by atomic mass is 9.94. The van der Waals surface area contributed by atoms with Gasteiger partial charge in [-0.1, -0.05) is 24.3 Å². The van der Waals surface area contributed by atoms with Crippen molar-refractivity contribution in [3.05, 3.63) is 84.7 Å². The molecule has 8 nitrogen and oxygen atoms in total. The molecule has 0 saturated carbocycles. The van der Waals surface area contributed by atoms with Crippen LogP contribution in [0.1, 0.15) is 5.69 Å². The van der Waals surface area contributed by atoms with E-state index in [1.165, 1.54) is 48.1 Å². The minimum absolute atomic E-state index is 0.114. The van der Waals surface area contributed by atoms with Crippen molar-refractivity contribution < 1.29 is 28.3 Å². The average Bonchev–Trinajstić information content (AvgIpc) is 2.83. The highest BCUT2D eigenvalue weighted by atomic mass is 32.2. The first-order chi connectivity index (χ1) is 15.3. The number of para-hydroxylation sites is 1. The van der Waals surface area contributed by atoms with E-state index in [0.29, 0.717) is 11.5 Å². The zero-order valence-electron chi connectivity index (χ0n) is 17.1. The monoisotopic (exact) mass is 474 g/mol. The summed E-state index contributed by atoms with van der Waals surface area (Å²) in [6.07, 6.45) is 2.97. The van der Waals surface area contributed by atoms with Gasteiger partial charge in [0.1, 0.15) is 16.7 Å². The molecule has 1 amide bonds. The van der Waals surface area contributed by atoms with E-state index in [2.05, 4.69) is 4.98 Å². The molecule has 32 heavy (non-hydrogen) atoms. The summed E-state index contributed by atoms with van der Waals surface area (Å²) in [4.78, 5) is 16.4. The number of nitrogens with zero attached hydrogens (tertiary/aromatic N) is 1. The number of thioether (sulfide) groups is 1. The Morgan fingerprint density at radius 1 is 1.06 bits per heavy atom. The Morgan fingerprint density at radius 3 is 2.25 bits per heavy atom. The van der Waals surface area contributed by atoms with Gasteiger partial charge in [-0.15, -0.1) is 0 Å². The fourth-order valence-electron chi connectivity index (χ4n) is 3.17. The Labute approximate surface area is 190 Å². The van der Waals surface area contributed by atoms with Gasteiger partial charge in [0.05, 0.1) is 10.6 Å². The smallest absolute Gasteiger partial charge is 0.282 e. The van der Waals surface area contributed by atoms with Crippen molar-refractivity contribution in [2.45, 2.75) is 15.7 Å². The molecule has 3 aromatic rings. The number of pyridine rings is 1. The molecule has 2 atom stereocenters. The van der Waals surface area contributed by atoms with Gasteiger partial charge in [-0.2, -0.15) is 11.8 Å². The highest BCUT2D eigenvalue weighted by Gasteiger charge is 2.53. The van der Waals surface area contributed by atoms with E-state index >= 15 is 0 Å². The predicted octanol–water partition coefficient (Wildman–Crippen LogP) is 2.77. The van der Waals surface area contributed by atoms with Crippen LogP contribution < -0.4 is 10.2 Å². The Balaban J connectivity index is 2.01. The lowest BCUT2D eigenvalue weighted by Crippen LogP contribution is -2.56. The topological polar surface area (TPSA) is 126 Å². The molecule has 2 unspecified atom stereocenters. The number of nitrogens with one attached hydrogen (secondary N) is 1. The van der Waals surface area contributed by atoms with Gasteiger partial charge in [-0.05, 0) is 54.8 Å². The first kappa shape index (κ1) is 23.7. The van der Waals surface area contributed by atoms with Gasteiger partial charge >= 0.3 is 0 Å². The number of hydrogen-bond acceptors (Lipinski definition) is 8. The molecule has 0 saturated heterocycles. The van der Waals surface area contributed by atoms with Crippen LogP contribution in [-0.4, -0.2) is 46.9 Å². The Kier molecular flexibility index (Phi) is 7.52. The normalized spacial score (nSPS) is 14.2. The van der Waals surface area contributed by atoms with Crippen molar-refractivity contribution in [2.24, 2.45) is 0 Å². The largest absolute Gasteiger partial charge is 0.457 e. The lowest BCUT2D eigenvalue weighted by molar-refractivity contribution is -0.150. The van der Waals surface area contributed by atoms with Gasteiger partial charge in [0.2, 0.25) is 5.60 Å². The number of carbonyl (C=O) groups is 1. The molecule has 1 heterocycles. The van der Waals surface area contributed by atoms with Crippen LogP contribution in [0.2, 0.25) is 0 Å². The number of amides is 1. The molecule has 2 aromatic carbocycles. The molecule has 0 aliphatic heterocycles. The molecule has 1 aromatic heterocycles. The van der Waals surface area contributed by atoms with Crippen LogP contribution in [-0.2, 0) is 20.2 Å². The van der Waals surface area contributed by atoms with Crippen molar-refractivity contribution in [2.75, 3.05) is 12.0 Å². The molecule has 168 valence electrons. The van der Waals surface area contributed by atoms with Gasteiger partial charge in [-0.3, -0.25) is 15.0 Å². The molecule has 0 aliphatic carbocycles. The van der Waals surface area contributed by atoms with E-state index in [9.17, 15) is 23.5 Å². The standard InChI is InChI=1S/C22H22N2O6S2/c1-31-15-20(22(26,21(25)24-27)19-9-5-6-14-23-19)32(28,29)18-12-10-17(11-13-18)30-16-7-3-2-4-8-16/h2-14,20,26-27H,15H2,1H3,(H,24,25). The first-order valence-corrected chi connectivity index (χ1v) is 12.4. The molecule has 10 heteroatoms. The molecule has 0 aliphatic rings. The van der Waals surface area contributed by atoms with E-state index < -0.39 is 26.6 Å². The van der Waals surface area contributed by atoms with Crippen molar-refractivity contribution in [1.82, 2.24) is 10.5 Å². The lowest BCUT2D eigenvalue weighted by Gasteiger charge is -2.33. The molecule has 0 bridgehead atoms. The van der Waals surface area contributed by atoms with Crippen LogP contribution in [0.4, 0.5) is 0 Å². The number of sulfone groups is 1. The molecule has 0 fully saturated rings. The fourth-order valence-corrected chi connectivity index (χ4v) is 6.36. The second-order valence-electron chi connectivity index (χ2n) is 6.80. The summed E-state index contributed by atoms with van der Waals surface area (Å²) >= 11 is 1.13. The highest BCUT2D eigenvalue weighted by Crippen LogP contribution is 2.35. The highest BCUT2D eigenvalue weighted by molar-refractivity contribution is 8.00. The summed E-state index contributed by atoms with van der Waals surface area (Å²) < 4.78 is 32.7. The van der Waals surface area contributed by atoms with E-state index in [-0.39, 0.29) is 16.3 Å². The second kappa shape index (κ2) is 10.1. The Morgan fingerprint density at radius 2 is 1.69 bits per heavy atom. The quantitative estimate of drug-likeness (QED) is 0.319. The van der Waals surface area contributed by atoms with Gasteiger partial charge in [-0.25, -0.2) is 13.9 Å². The number of benzene rings is 2. The maximum Gasteiger partial charge on any atom is 0.282 e. The van der Waals surface area contributed by atoms with E-state index in [1.54, 1.807) is 24.5 Å². The predicted molar refractivity (Wildman–Crippen MR) is 120 cm³/mol. The Bertz CT molecular complexity index is 1140. The summed E-state index contributed by atoms with van der Waals surface area (Å²) in [5.74, 6) is -0.412. The number of aliphatic hydroxyl groups is 1. The van der Waals surface area contributed by atoms with Crippen molar-refractivity contribution in [3.63, 3.8) is 0 Å².